The third kappa shape index (κ3) is 5.04. The minimum Gasteiger partial charge on any atom is -0.298 e. The Morgan fingerprint density at radius 3 is 1.78 bits per heavy atom. The van der Waals surface area contributed by atoms with Gasteiger partial charge in [0.05, 0.1) is 6.61 Å². The van der Waals surface area contributed by atoms with E-state index in [1.54, 1.807) is 0 Å². The lowest BCUT2D eigenvalue weighted by Gasteiger charge is -2.56. The molecule has 1 saturated heterocycles. The Kier molecular flexibility index (Phi) is 8.04. The molecule has 1 aliphatic rings. The van der Waals surface area contributed by atoms with Crippen molar-refractivity contribution in [3.8, 4) is 0 Å². The summed E-state index contributed by atoms with van der Waals surface area (Å²) >= 11 is 0. The van der Waals surface area contributed by atoms with Crippen LogP contribution in [0.3, 0.4) is 0 Å². The maximum Gasteiger partial charge on any atom is 0.207 e. The molecule has 0 atom stereocenters. The predicted octanol–water partition coefficient (Wildman–Crippen LogP) is 5.99. The SMILES string of the molecule is CCCCN(C1CC(C)(C)N(OCC)C(C)(C)C1)P(=O)(c1ccccc1)c1ccccc1. The molecule has 0 unspecified atom stereocenters. The molecule has 0 radical (unpaired) electrons. The molecule has 2 aromatic carbocycles. The summed E-state index contributed by atoms with van der Waals surface area (Å²) < 4.78 is 17.6. The third-order valence-electron chi connectivity index (χ3n) is 6.56. The molecule has 0 bridgehead atoms. The van der Waals surface area contributed by atoms with Gasteiger partial charge in [0.15, 0.2) is 0 Å². The van der Waals surface area contributed by atoms with E-state index in [0.29, 0.717) is 6.61 Å². The van der Waals surface area contributed by atoms with Gasteiger partial charge in [-0.15, -0.1) is 0 Å². The van der Waals surface area contributed by atoms with Gasteiger partial charge < -0.3 is 0 Å². The number of benzene rings is 2. The molecular weight excluding hydrogens is 415 g/mol. The van der Waals surface area contributed by atoms with E-state index in [-0.39, 0.29) is 17.1 Å². The zero-order valence-electron chi connectivity index (χ0n) is 20.8. The third-order valence-corrected chi connectivity index (χ3v) is 9.81. The van der Waals surface area contributed by atoms with Gasteiger partial charge in [0.2, 0.25) is 7.29 Å². The maximum atomic E-state index is 15.2. The van der Waals surface area contributed by atoms with E-state index in [4.69, 9.17) is 4.84 Å². The molecule has 0 amide bonds. The number of hydrogen-bond acceptors (Lipinski definition) is 3. The molecule has 5 heteroatoms. The first-order valence-electron chi connectivity index (χ1n) is 12.1. The van der Waals surface area contributed by atoms with Gasteiger partial charge in [-0.3, -0.25) is 9.40 Å². The van der Waals surface area contributed by atoms with Crippen LogP contribution in [0.5, 0.6) is 0 Å². The first kappa shape index (κ1) is 25.2. The molecule has 1 heterocycles. The Hall–Kier alpha value is -1.45. The molecule has 0 aliphatic carbocycles. The van der Waals surface area contributed by atoms with E-state index in [1.165, 1.54) is 0 Å². The Morgan fingerprint density at radius 2 is 1.38 bits per heavy atom. The Morgan fingerprint density at radius 1 is 0.906 bits per heavy atom. The molecule has 2 aromatic rings. The van der Waals surface area contributed by atoms with Crippen molar-refractivity contribution in [3.05, 3.63) is 60.7 Å². The monoisotopic (exact) mass is 456 g/mol. The fourth-order valence-corrected chi connectivity index (χ4v) is 8.57. The smallest absolute Gasteiger partial charge is 0.207 e. The van der Waals surface area contributed by atoms with Crippen LogP contribution in [0.1, 0.15) is 67.2 Å². The van der Waals surface area contributed by atoms with Crippen LogP contribution in [0, 0.1) is 0 Å². The van der Waals surface area contributed by atoms with Gasteiger partial charge in [-0.25, -0.2) is 4.67 Å². The van der Waals surface area contributed by atoms with Crippen molar-refractivity contribution in [1.29, 1.82) is 0 Å². The highest BCUT2D eigenvalue weighted by atomic mass is 31.2. The Bertz CT molecular complexity index is 837. The van der Waals surface area contributed by atoms with E-state index in [2.05, 4.69) is 44.4 Å². The second-order valence-electron chi connectivity index (χ2n) is 10.2. The number of rotatable bonds is 9. The topological polar surface area (TPSA) is 32.8 Å². The second-order valence-corrected chi connectivity index (χ2v) is 12.9. The summed E-state index contributed by atoms with van der Waals surface area (Å²) in [4.78, 5) is 6.12. The fourth-order valence-electron chi connectivity index (χ4n) is 5.48. The lowest BCUT2D eigenvalue weighted by atomic mass is 9.79. The van der Waals surface area contributed by atoms with Crippen molar-refractivity contribution in [1.82, 2.24) is 9.73 Å². The first-order chi connectivity index (χ1) is 15.2. The van der Waals surface area contributed by atoms with Crippen molar-refractivity contribution in [2.45, 2.75) is 84.3 Å². The van der Waals surface area contributed by atoms with E-state index in [0.717, 1.165) is 42.8 Å². The van der Waals surface area contributed by atoms with Crippen molar-refractivity contribution in [3.63, 3.8) is 0 Å². The average Bonchev–Trinajstić information content (AvgIpc) is 2.77. The van der Waals surface area contributed by atoms with Gasteiger partial charge in [-0.05, 0) is 78.1 Å². The number of hydrogen-bond donors (Lipinski definition) is 0. The molecule has 3 rings (SSSR count). The van der Waals surface area contributed by atoms with Crippen molar-refractivity contribution in [2.75, 3.05) is 13.2 Å². The zero-order valence-corrected chi connectivity index (χ0v) is 21.6. The van der Waals surface area contributed by atoms with Gasteiger partial charge in [-0.1, -0.05) is 49.7 Å². The average molecular weight is 457 g/mol. The number of piperidine rings is 1. The number of hydroxylamine groups is 2. The van der Waals surface area contributed by atoms with E-state index in [1.807, 2.05) is 67.6 Å². The summed E-state index contributed by atoms with van der Waals surface area (Å²) in [6.45, 7) is 14.8. The van der Waals surface area contributed by atoms with Gasteiger partial charge in [0.25, 0.3) is 0 Å². The lowest BCUT2D eigenvalue weighted by molar-refractivity contribution is -0.284. The summed E-state index contributed by atoms with van der Waals surface area (Å²) in [5.74, 6) is 0. The molecule has 4 nitrogen and oxygen atoms in total. The van der Waals surface area contributed by atoms with Crippen LogP contribution in [0.4, 0.5) is 0 Å². The van der Waals surface area contributed by atoms with Crippen LogP contribution >= 0.6 is 7.29 Å². The quantitative estimate of drug-likeness (QED) is 0.434. The molecular formula is C27H41N2O2P. The zero-order chi connectivity index (χ0) is 23.4. The lowest BCUT2D eigenvalue weighted by Crippen LogP contribution is -2.64. The summed E-state index contributed by atoms with van der Waals surface area (Å²) in [6, 6.07) is 20.4. The normalized spacial score (nSPS) is 19.3. The maximum absolute atomic E-state index is 15.2. The molecule has 0 spiro atoms. The number of nitrogens with zero attached hydrogens (tertiary/aromatic N) is 2. The van der Waals surface area contributed by atoms with E-state index >= 15 is 4.57 Å². The molecule has 0 saturated carbocycles. The molecule has 1 fully saturated rings. The van der Waals surface area contributed by atoms with E-state index < -0.39 is 7.29 Å². The number of unbranched alkanes of at least 4 members (excludes halogenated alkanes) is 1. The van der Waals surface area contributed by atoms with Gasteiger partial charge >= 0.3 is 0 Å². The van der Waals surface area contributed by atoms with Crippen LogP contribution in [-0.2, 0) is 9.40 Å². The van der Waals surface area contributed by atoms with Crippen LogP contribution in [-0.4, -0.2) is 40.0 Å². The fraction of sp³-hybridized carbons (Fsp3) is 0.556. The minimum absolute atomic E-state index is 0.162. The highest BCUT2D eigenvalue weighted by molar-refractivity contribution is 7.76. The summed E-state index contributed by atoms with van der Waals surface area (Å²) in [7, 11) is -3.01. The predicted molar refractivity (Wildman–Crippen MR) is 136 cm³/mol. The van der Waals surface area contributed by atoms with Crippen molar-refractivity contribution in [2.24, 2.45) is 0 Å². The minimum atomic E-state index is -3.01. The summed E-state index contributed by atoms with van der Waals surface area (Å²) in [5.41, 5.74) is -0.323. The molecule has 32 heavy (non-hydrogen) atoms. The molecule has 0 aromatic heterocycles. The largest absolute Gasteiger partial charge is 0.298 e. The Balaban J connectivity index is 2.12. The molecule has 1 aliphatic heterocycles. The Labute approximate surface area is 195 Å². The van der Waals surface area contributed by atoms with Gasteiger partial charge in [0.1, 0.15) is 0 Å². The summed E-state index contributed by atoms with van der Waals surface area (Å²) in [5, 5.41) is 4.03. The van der Waals surface area contributed by atoms with Crippen LogP contribution in [0.2, 0.25) is 0 Å². The summed E-state index contributed by atoms with van der Waals surface area (Å²) in [6.07, 6.45) is 3.91. The van der Waals surface area contributed by atoms with Gasteiger partial charge in [-0.2, -0.15) is 5.06 Å². The second kappa shape index (κ2) is 10.2. The highest BCUT2D eigenvalue weighted by Crippen LogP contribution is 2.53. The molecule has 0 N–H and O–H groups in total. The van der Waals surface area contributed by atoms with Crippen LogP contribution in [0.25, 0.3) is 0 Å². The standard InChI is InChI=1S/C27H41N2O2P/c1-7-9-20-28(23-21-26(3,4)29(31-8-2)27(5,6)22-23)32(30,24-16-12-10-13-17-24)25-18-14-11-15-19-25/h10-19,23H,7-9,20-22H2,1-6H3. The highest BCUT2D eigenvalue weighted by Gasteiger charge is 2.50. The molecule has 176 valence electrons. The first-order valence-corrected chi connectivity index (χ1v) is 13.7. The van der Waals surface area contributed by atoms with Crippen LogP contribution in [0.15, 0.2) is 60.7 Å². The van der Waals surface area contributed by atoms with Crippen LogP contribution < -0.4 is 10.6 Å². The van der Waals surface area contributed by atoms with Crippen molar-refractivity contribution >= 4 is 17.9 Å². The van der Waals surface area contributed by atoms with E-state index in [9.17, 15) is 0 Å². The van der Waals surface area contributed by atoms with Gasteiger partial charge in [0, 0.05) is 34.3 Å². The van der Waals surface area contributed by atoms with Crippen molar-refractivity contribution < 1.29 is 9.40 Å².